The fourth-order valence-corrected chi connectivity index (χ4v) is 4.57. The highest BCUT2D eigenvalue weighted by atomic mass is 35.5. The molecule has 0 aromatic heterocycles. The molecule has 0 heterocycles. The molecule has 0 spiro atoms. The summed E-state index contributed by atoms with van der Waals surface area (Å²) in [6, 6.07) is 21.6. The summed E-state index contributed by atoms with van der Waals surface area (Å²) in [5, 5.41) is 4.27. The normalized spacial score (nSPS) is 16.4. The Morgan fingerprint density at radius 2 is 1.22 bits per heavy atom. The van der Waals surface area contributed by atoms with Crippen LogP contribution in [-0.2, 0) is 10.8 Å². The van der Waals surface area contributed by atoms with E-state index in [9.17, 15) is 0 Å². The monoisotopic (exact) mass is 375 g/mol. The van der Waals surface area contributed by atoms with Gasteiger partial charge in [0.1, 0.15) is 0 Å². The molecular formula is C25H26ClN. The summed E-state index contributed by atoms with van der Waals surface area (Å²) in [5.41, 5.74) is 8.54. The van der Waals surface area contributed by atoms with Gasteiger partial charge in [-0.15, -0.1) is 0 Å². The van der Waals surface area contributed by atoms with Gasteiger partial charge >= 0.3 is 0 Å². The molecule has 0 saturated heterocycles. The highest BCUT2D eigenvalue weighted by Crippen LogP contribution is 2.51. The molecular weight excluding hydrogens is 350 g/mol. The Hall–Kier alpha value is -2.25. The Morgan fingerprint density at radius 1 is 0.704 bits per heavy atom. The number of hydrogen-bond acceptors (Lipinski definition) is 1. The van der Waals surface area contributed by atoms with E-state index in [1.54, 1.807) is 0 Å². The van der Waals surface area contributed by atoms with E-state index in [1.807, 2.05) is 0 Å². The van der Waals surface area contributed by atoms with Crippen molar-refractivity contribution in [3.8, 4) is 0 Å². The molecule has 1 aliphatic carbocycles. The summed E-state index contributed by atoms with van der Waals surface area (Å²) >= 11 is 6.73. The summed E-state index contributed by atoms with van der Waals surface area (Å²) in [6.45, 7) is 11.3. The number of rotatable bonds is 2. The minimum Gasteiger partial charge on any atom is -0.354 e. The van der Waals surface area contributed by atoms with Crippen molar-refractivity contribution in [3.05, 3.63) is 93.5 Å². The molecule has 0 aliphatic heterocycles. The van der Waals surface area contributed by atoms with Gasteiger partial charge in [-0.05, 0) is 53.4 Å². The largest absolute Gasteiger partial charge is 0.354 e. The Morgan fingerprint density at radius 3 is 1.78 bits per heavy atom. The van der Waals surface area contributed by atoms with Crippen molar-refractivity contribution in [2.24, 2.45) is 0 Å². The van der Waals surface area contributed by atoms with Crippen LogP contribution in [0.1, 0.15) is 55.5 Å². The first kappa shape index (κ1) is 18.1. The summed E-state index contributed by atoms with van der Waals surface area (Å²) < 4.78 is 0. The molecule has 1 aliphatic rings. The molecule has 0 amide bonds. The van der Waals surface area contributed by atoms with Crippen LogP contribution in [0.5, 0.6) is 0 Å². The van der Waals surface area contributed by atoms with Gasteiger partial charge in [0, 0.05) is 16.5 Å². The molecule has 0 unspecified atom stereocenters. The van der Waals surface area contributed by atoms with Crippen LogP contribution in [0, 0.1) is 6.92 Å². The minimum absolute atomic E-state index is 0.0737. The molecule has 1 N–H and O–H groups in total. The van der Waals surface area contributed by atoms with Crippen LogP contribution in [0.15, 0.2) is 60.7 Å². The number of aryl methyl sites for hydroxylation is 1. The van der Waals surface area contributed by atoms with Gasteiger partial charge in [0.15, 0.2) is 0 Å². The lowest BCUT2D eigenvalue weighted by atomic mass is 9.60. The lowest BCUT2D eigenvalue weighted by Crippen LogP contribution is -2.36. The molecule has 0 bridgehead atoms. The van der Waals surface area contributed by atoms with Crippen LogP contribution in [0.3, 0.4) is 0 Å². The van der Waals surface area contributed by atoms with Gasteiger partial charge in [-0.25, -0.2) is 0 Å². The van der Waals surface area contributed by atoms with Crippen molar-refractivity contribution in [2.45, 2.75) is 45.4 Å². The second-order valence-electron chi connectivity index (χ2n) is 8.66. The first-order valence-electron chi connectivity index (χ1n) is 9.49. The quantitative estimate of drug-likeness (QED) is 0.493. The van der Waals surface area contributed by atoms with Crippen molar-refractivity contribution in [1.29, 1.82) is 0 Å². The van der Waals surface area contributed by atoms with Crippen LogP contribution in [0.25, 0.3) is 0 Å². The standard InChI is InChI=1S/C25H26ClN/c1-16-10-12-17(13-11-16)27-23-15-21-20(14-22(23)26)24(2,3)18-8-6-7-9-19(18)25(21,4)5/h6-15,27H,1-5H3. The number of fused-ring (bicyclic) bond motifs is 2. The van der Waals surface area contributed by atoms with Crippen LogP contribution in [-0.4, -0.2) is 0 Å². The molecule has 1 nitrogen and oxygen atoms in total. The molecule has 3 aromatic rings. The molecule has 0 saturated carbocycles. The molecule has 138 valence electrons. The second-order valence-corrected chi connectivity index (χ2v) is 9.07. The highest BCUT2D eigenvalue weighted by molar-refractivity contribution is 6.33. The third-order valence-electron chi connectivity index (χ3n) is 6.06. The van der Waals surface area contributed by atoms with Gasteiger partial charge in [-0.1, -0.05) is 81.3 Å². The average Bonchev–Trinajstić information content (AvgIpc) is 2.64. The zero-order valence-corrected chi connectivity index (χ0v) is 17.4. The van der Waals surface area contributed by atoms with E-state index in [1.165, 1.54) is 27.8 Å². The van der Waals surface area contributed by atoms with Crippen LogP contribution in [0.2, 0.25) is 5.02 Å². The molecule has 4 rings (SSSR count). The molecule has 3 aromatic carbocycles. The number of nitrogens with one attached hydrogen (secondary N) is 1. The SMILES string of the molecule is Cc1ccc(Nc2cc3c(cc2Cl)C(C)(C)c2ccccc2C3(C)C)cc1. The number of hydrogen-bond donors (Lipinski definition) is 1. The molecule has 0 fully saturated rings. The average molecular weight is 376 g/mol. The molecule has 0 radical (unpaired) electrons. The van der Waals surface area contributed by atoms with E-state index >= 15 is 0 Å². The zero-order valence-electron chi connectivity index (χ0n) is 16.7. The number of halogens is 1. The predicted molar refractivity (Wildman–Crippen MR) is 117 cm³/mol. The van der Waals surface area contributed by atoms with Crippen LogP contribution in [0.4, 0.5) is 11.4 Å². The third kappa shape index (κ3) is 2.85. The summed E-state index contributed by atoms with van der Waals surface area (Å²) in [6.07, 6.45) is 0. The molecule has 0 atom stereocenters. The van der Waals surface area contributed by atoms with Gasteiger partial charge in [-0.3, -0.25) is 0 Å². The van der Waals surface area contributed by atoms with Crippen molar-refractivity contribution in [1.82, 2.24) is 0 Å². The van der Waals surface area contributed by atoms with Crippen molar-refractivity contribution in [3.63, 3.8) is 0 Å². The topological polar surface area (TPSA) is 12.0 Å². The van der Waals surface area contributed by atoms with Gasteiger partial charge in [0.05, 0.1) is 10.7 Å². The van der Waals surface area contributed by atoms with Crippen LogP contribution < -0.4 is 5.32 Å². The van der Waals surface area contributed by atoms with E-state index in [0.717, 1.165) is 16.4 Å². The molecule has 27 heavy (non-hydrogen) atoms. The number of anilines is 2. The van der Waals surface area contributed by atoms with Crippen LogP contribution >= 0.6 is 11.6 Å². The first-order valence-corrected chi connectivity index (χ1v) is 9.87. The van der Waals surface area contributed by atoms with Gasteiger partial charge in [-0.2, -0.15) is 0 Å². The maximum absolute atomic E-state index is 6.73. The van der Waals surface area contributed by atoms with E-state index in [0.29, 0.717) is 0 Å². The summed E-state index contributed by atoms with van der Waals surface area (Å²) in [5.74, 6) is 0. The van der Waals surface area contributed by atoms with E-state index in [2.05, 4.69) is 101 Å². The maximum Gasteiger partial charge on any atom is 0.0644 e. The Bertz CT molecular complexity index is 1010. The van der Waals surface area contributed by atoms with Gasteiger partial charge in [0.25, 0.3) is 0 Å². The Balaban J connectivity index is 1.87. The van der Waals surface area contributed by atoms with E-state index < -0.39 is 0 Å². The van der Waals surface area contributed by atoms with E-state index in [4.69, 9.17) is 11.6 Å². The summed E-state index contributed by atoms with van der Waals surface area (Å²) in [7, 11) is 0. The zero-order chi connectivity index (χ0) is 19.4. The predicted octanol–water partition coefficient (Wildman–Crippen LogP) is 7.36. The van der Waals surface area contributed by atoms with E-state index in [-0.39, 0.29) is 10.8 Å². The third-order valence-corrected chi connectivity index (χ3v) is 6.37. The lowest BCUT2D eigenvalue weighted by Gasteiger charge is -2.44. The molecule has 2 heteroatoms. The van der Waals surface area contributed by atoms with Crippen molar-refractivity contribution in [2.75, 3.05) is 5.32 Å². The number of benzene rings is 3. The smallest absolute Gasteiger partial charge is 0.0644 e. The Labute approximate surface area is 167 Å². The van der Waals surface area contributed by atoms with Crippen molar-refractivity contribution >= 4 is 23.0 Å². The summed E-state index contributed by atoms with van der Waals surface area (Å²) in [4.78, 5) is 0. The van der Waals surface area contributed by atoms with Gasteiger partial charge in [0.2, 0.25) is 0 Å². The maximum atomic E-state index is 6.73. The Kier molecular flexibility index (Phi) is 4.12. The van der Waals surface area contributed by atoms with Gasteiger partial charge < -0.3 is 5.32 Å². The fraction of sp³-hybridized carbons (Fsp3) is 0.280. The fourth-order valence-electron chi connectivity index (χ4n) is 4.36. The first-order chi connectivity index (χ1) is 12.7. The van der Waals surface area contributed by atoms with Crippen molar-refractivity contribution < 1.29 is 0 Å². The minimum atomic E-state index is -0.0759. The lowest BCUT2D eigenvalue weighted by molar-refractivity contribution is 0.521. The second kappa shape index (κ2) is 6.14. The highest BCUT2D eigenvalue weighted by Gasteiger charge is 2.41.